The van der Waals surface area contributed by atoms with E-state index in [2.05, 4.69) is 0 Å². The second kappa shape index (κ2) is 4.45. The van der Waals surface area contributed by atoms with Gasteiger partial charge in [-0.05, 0) is 17.7 Å². The van der Waals surface area contributed by atoms with E-state index in [0.29, 0.717) is 13.2 Å². The molecule has 5 atom stereocenters. The summed E-state index contributed by atoms with van der Waals surface area (Å²) in [6.45, 7) is 1.15. The van der Waals surface area contributed by atoms with Gasteiger partial charge in [-0.15, -0.1) is 0 Å². The highest BCUT2D eigenvalue weighted by Crippen LogP contribution is 2.43. The number of epoxide rings is 1. The van der Waals surface area contributed by atoms with Gasteiger partial charge in [0.1, 0.15) is 30.2 Å². The van der Waals surface area contributed by atoms with E-state index in [1.54, 1.807) is 7.11 Å². The highest BCUT2D eigenvalue weighted by molar-refractivity contribution is 5.26. The van der Waals surface area contributed by atoms with E-state index < -0.39 is 0 Å². The molecule has 0 aliphatic carbocycles. The van der Waals surface area contributed by atoms with Gasteiger partial charge < -0.3 is 23.7 Å². The number of rotatable bonds is 4. The molecule has 3 saturated heterocycles. The summed E-state index contributed by atoms with van der Waals surface area (Å²) in [6, 6.07) is 7.87. The Morgan fingerprint density at radius 3 is 2.79 bits per heavy atom. The molecule has 19 heavy (non-hydrogen) atoms. The van der Waals surface area contributed by atoms with Crippen LogP contribution in [0.1, 0.15) is 5.56 Å². The normalized spacial score (nSPS) is 38.9. The molecule has 0 saturated carbocycles. The molecule has 0 amide bonds. The van der Waals surface area contributed by atoms with Crippen molar-refractivity contribution in [3.05, 3.63) is 29.8 Å². The Kier molecular flexibility index (Phi) is 2.73. The lowest BCUT2D eigenvalue weighted by atomic mass is 10.1. The van der Waals surface area contributed by atoms with Crippen molar-refractivity contribution in [1.82, 2.24) is 0 Å². The molecule has 5 nitrogen and oxygen atoms in total. The Labute approximate surface area is 111 Å². The Balaban J connectivity index is 1.39. The topological polar surface area (TPSA) is 49.5 Å². The molecule has 3 aliphatic rings. The first-order valence-electron chi connectivity index (χ1n) is 6.52. The van der Waals surface area contributed by atoms with Gasteiger partial charge >= 0.3 is 0 Å². The lowest BCUT2D eigenvalue weighted by Gasteiger charge is -2.24. The minimum atomic E-state index is -0.171. The Morgan fingerprint density at radius 1 is 1.16 bits per heavy atom. The highest BCUT2D eigenvalue weighted by atomic mass is 16.8. The van der Waals surface area contributed by atoms with Gasteiger partial charge in [0, 0.05) is 0 Å². The number of hydrogen-bond acceptors (Lipinski definition) is 5. The summed E-state index contributed by atoms with van der Waals surface area (Å²) in [6.07, 6.45) is 0.0257. The minimum Gasteiger partial charge on any atom is -0.497 e. The predicted molar refractivity (Wildman–Crippen MR) is 64.8 cm³/mol. The summed E-state index contributed by atoms with van der Waals surface area (Å²) in [5.74, 6) is 0.849. The summed E-state index contributed by atoms with van der Waals surface area (Å²) in [5, 5.41) is 0. The lowest BCUT2D eigenvalue weighted by Crippen LogP contribution is -2.41. The molecule has 5 heteroatoms. The Hall–Kier alpha value is -1.14. The molecule has 1 aromatic rings. The average Bonchev–Trinajstić information content (AvgIpc) is 3.14. The first-order chi connectivity index (χ1) is 9.35. The van der Waals surface area contributed by atoms with Gasteiger partial charge in [-0.2, -0.15) is 0 Å². The molecular formula is C14H16O5. The number of hydrogen-bond donors (Lipinski definition) is 0. The highest BCUT2D eigenvalue weighted by Gasteiger charge is 2.62. The van der Waals surface area contributed by atoms with Crippen molar-refractivity contribution in [2.45, 2.75) is 37.3 Å². The summed E-state index contributed by atoms with van der Waals surface area (Å²) < 4.78 is 27.8. The fraction of sp³-hybridized carbons (Fsp3) is 0.571. The zero-order valence-corrected chi connectivity index (χ0v) is 10.7. The predicted octanol–water partition coefficient (Wildman–Crippen LogP) is 1.10. The second-order valence-corrected chi connectivity index (χ2v) is 5.07. The van der Waals surface area contributed by atoms with Crippen LogP contribution in [0.25, 0.3) is 0 Å². The van der Waals surface area contributed by atoms with Gasteiger partial charge in [0.2, 0.25) is 0 Å². The molecule has 1 aromatic carbocycles. The van der Waals surface area contributed by atoms with Crippen LogP contribution in [-0.4, -0.2) is 44.4 Å². The van der Waals surface area contributed by atoms with Crippen LogP contribution in [0.2, 0.25) is 0 Å². The van der Waals surface area contributed by atoms with E-state index >= 15 is 0 Å². The molecule has 102 valence electrons. The van der Waals surface area contributed by atoms with E-state index in [0.717, 1.165) is 11.3 Å². The van der Waals surface area contributed by atoms with E-state index in [1.807, 2.05) is 24.3 Å². The maximum atomic E-state index is 5.96. The smallest absolute Gasteiger partial charge is 0.187 e. The van der Waals surface area contributed by atoms with Crippen molar-refractivity contribution in [2.75, 3.05) is 13.7 Å². The molecule has 2 unspecified atom stereocenters. The number of ether oxygens (including phenoxy) is 5. The summed E-state index contributed by atoms with van der Waals surface area (Å²) in [5.41, 5.74) is 1.11. The molecule has 4 rings (SSSR count). The molecule has 0 N–H and O–H groups in total. The second-order valence-electron chi connectivity index (χ2n) is 5.07. The third-order valence-electron chi connectivity index (χ3n) is 3.86. The largest absolute Gasteiger partial charge is 0.497 e. The van der Waals surface area contributed by atoms with Crippen LogP contribution in [0.3, 0.4) is 0 Å². The fourth-order valence-electron chi connectivity index (χ4n) is 2.73. The van der Waals surface area contributed by atoms with Crippen LogP contribution in [-0.2, 0) is 25.6 Å². The van der Waals surface area contributed by atoms with Gasteiger partial charge in [0.05, 0.1) is 20.3 Å². The minimum absolute atomic E-state index is 0.00648. The van der Waals surface area contributed by atoms with Crippen molar-refractivity contribution >= 4 is 0 Å². The third-order valence-corrected chi connectivity index (χ3v) is 3.86. The van der Waals surface area contributed by atoms with Crippen LogP contribution in [0.5, 0.6) is 5.75 Å². The molecular weight excluding hydrogens is 248 g/mol. The molecule has 0 spiro atoms. The standard InChI is InChI=1S/C14H16O5/c1-15-9-4-2-8(3-5-9)6-16-11-10-7-17-14(18-10)13-12(11)19-13/h2-5,10-14H,6-7H2,1H3/t10?,11-,12+,13-,14?/m1/s1. The summed E-state index contributed by atoms with van der Waals surface area (Å²) >= 11 is 0. The maximum Gasteiger partial charge on any atom is 0.187 e. The molecule has 0 aromatic heterocycles. The quantitative estimate of drug-likeness (QED) is 0.762. The number of benzene rings is 1. The monoisotopic (exact) mass is 264 g/mol. The Bertz CT molecular complexity index is 459. The van der Waals surface area contributed by atoms with Gasteiger partial charge in [0.15, 0.2) is 6.29 Å². The van der Waals surface area contributed by atoms with Crippen LogP contribution >= 0.6 is 0 Å². The first-order valence-corrected chi connectivity index (χ1v) is 6.52. The average molecular weight is 264 g/mol. The van der Waals surface area contributed by atoms with E-state index in [4.69, 9.17) is 23.7 Å². The first kappa shape index (κ1) is 11.7. The summed E-state index contributed by atoms with van der Waals surface area (Å²) in [4.78, 5) is 0. The van der Waals surface area contributed by atoms with Gasteiger partial charge in [0.25, 0.3) is 0 Å². The van der Waals surface area contributed by atoms with Crippen molar-refractivity contribution in [1.29, 1.82) is 0 Å². The molecule has 0 radical (unpaired) electrons. The number of methoxy groups -OCH3 is 1. The van der Waals surface area contributed by atoms with Crippen LogP contribution < -0.4 is 4.74 Å². The van der Waals surface area contributed by atoms with Crippen molar-refractivity contribution < 1.29 is 23.7 Å². The molecule has 3 heterocycles. The van der Waals surface area contributed by atoms with E-state index in [9.17, 15) is 0 Å². The van der Waals surface area contributed by atoms with Gasteiger partial charge in [-0.3, -0.25) is 0 Å². The SMILES string of the molecule is COc1ccc(CO[C@@H]2C3COC(O3)[C@@H]3O[C@@H]23)cc1. The van der Waals surface area contributed by atoms with E-state index in [1.165, 1.54) is 0 Å². The van der Waals surface area contributed by atoms with Gasteiger partial charge in [-0.25, -0.2) is 0 Å². The van der Waals surface area contributed by atoms with Crippen molar-refractivity contribution in [3.63, 3.8) is 0 Å². The van der Waals surface area contributed by atoms with E-state index in [-0.39, 0.29) is 30.7 Å². The van der Waals surface area contributed by atoms with Crippen LogP contribution in [0.15, 0.2) is 24.3 Å². The lowest BCUT2D eigenvalue weighted by molar-refractivity contribution is -0.121. The molecule has 3 aliphatic heterocycles. The molecule has 3 fully saturated rings. The van der Waals surface area contributed by atoms with Crippen molar-refractivity contribution in [2.24, 2.45) is 0 Å². The Morgan fingerprint density at radius 2 is 2.00 bits per heavy atom. The zero-order chi connectivity index (χ0) is 12.8. The van der Waals surface area contributed by atoms with Crippen molar-refractivity contribution in [3.8, 4) is 5.75 Å². The van der Waals surface area contributed by atoms with Gasteiger partial charge in [-0.1, -0.05) is 12.1 Å². The number of fused-ring (bicyclic) bond motifs is 4. The zero-order valence-electron chi connectivity index (χ0n) is 10.7. The summed E-state index contributed by atoms with van der Waals surface area (Å²) in [7, 11) is 1.66. The van der Waals surface area contributed by atoms with Crippen LogP contribution in [0.4, 0.5) is 0 Å². The van der Waals surface area contributed by atoms with Crippen LogP contribution in [0, 0.1) is 0 Å². The molecule has 2 bridgehead atoms. The maximum absolute atomic E-state index is 5.96. The third kappa shape index (κ3) is 2.03. The fourth-order valence-corrected chi connectivity index (χ4v) is 2.73.